The highest BCUT2D eigenvalue weighted by Gasteiger charge is 2.27. The highest BCUT2D eigenvalue weighted by molar-refractivity contribution is 5.89. The van der Waals surface area contributed by atoms with Crippen LogP contribution in [0.5, 0.6) is 0 Å². The second-order valence-electron chi connectivity index (χ2n) is 5.75. The molecule has 2 heterocycles. The van der Waals surface area contributed by atoms with Gasteiger partial charge >= 0.3 is 5.69 Å². The molecule has 8 heteroatoms. The van der Waals surface area contributed by atoms with Crippen LogP contribution < -0.4 is 11.0 Å². The fourth-order valence-corrected chi connectivity index (χ4v) is 2.48. The normalized spacial score (nSPS) is 20.2. The number of hydrogen-bond acceptors (Lipinski definition) is 6. The van der Waals surface area contributed by atoms with Crippen molar-refractivity contribution in [2.45, 2.75) is 58.0 Å². The minimum absolute atomic E-state index is 0.142. The van der Waals surface area contributed by atoms with E-state index in [0.717, 1.165) is 19.3 Å². The summed E-state index contributed by atoms with van der Waals surface area (Å²) in [4.78, 5) is 27.7. The number of aromatic nitrogens is 2. The lowest BCUT2D eigenvalue weighted by atomic mass is 10.1. The van der Waals surface area contributed by atoms with Gasteiger partial charge in [-0.1, -0.05) is 32.6 Å². The average Bonchev–Trinajstić information content (AvgIpc) is 3.03. The number of hydrogen-bond donors (Lipinski definition) is 2. The molecule has 0 unspecified atom stereocenters. The molecule has 0 saturated carbocycles. The summed E-state index contributed by atoms with van der Waals surface area (Å²) in [5.74, 6) is 0.0874. The van der Waals surface area contributed by atoms with E-state index in [9.17, 15) is 9.59 Å². The van der Waals surface area contributed by atoms with Crippen molar-refractivity contribution in [2.75, 3.05) is 18.5 Å². The molecule has 1 amide bonds. The van der Waals surface area contributed by atoms with E-state index in [1.807, 2.05) is 0 Å². The van der Waals surface area contributed by atoms with Crippen LogP contribution in [0.2, 0.25) is 0 Å². The number of rotatable bonds is 9. The quantitative estimate of drug-likeness (QED) is 0.659. The average molecular weight is 339 g/mol. The fraction of sp³-hybridized carbons (Fsp3) is 0.688. The van der Waals surface area contributed by atoms with Gasteiger partial charge < -0.3 is 19.9 Å². The fourth-order valence-electron chi connectivity index (χ4n) is 2.48. The summed E-state index contributed by atoms with van der Waals surface area (Å²) in [6.45, 7) is 2.04. The van der Waals surface area contributed by atoms with Gasteiger partial charge in [-0.05, 0) is 12.5 Å². The summed E-state index contributed by atoms with van der Waals surface area (Å²) in [7, 11) is 0. The van der Waals surface area contributed by atoms with Crippen LogP contribution in [-0.4, -0.2) is 40.1 Å². The third kappa shape index (κ3) is 5.40. The molecule has 1 aromatic heterocycles. The minimum atomic E-state index is -0.728. The number of aliphatic hydroxyl groups excluding tert-OH is 1. The zero-order valence-corrected chi connectivity index (χ0v) is 13.9. The standard InChI is InChI=1S/C16H25N3O5/c1-2-3-4-5-6-7-13(21)17-12-8-9-19(16(22)18-12)14-11-23-15(10-20)24-14/h8-9,14-15,20H,2-7,10-11H2,1H3,(H,17,18,21,22)/t14-,15-/m0/s1. The Bertz CT molecular complexity index is 589. The Morgan fingerprint density at radius 1 is 1.42 bits per heavy atom. The number of anilines is 1. The Hall–Kier alpha value is -1.77. The van der Waals surface area contributed by atoms with E-state index in [-0.39, 0.29) is 24.9 Å². The third-order valence-corrected chi connectivity index (χ3v) is 3.80. The summed E-state index contributed by atoms with van der Waals surface area (Å²) >= 11 is 0. The molecule has 1 aliphatic heterocycles. The van der Waals surface area contributed by atoms with Crippen molar-refractivity contribution in [3.63, 3.8) is 0 Å². The Balaban J connectivity index is 1.83. The first-order chi connectivity index (χ1) is 11.6. The van der Waals surface area contributed by atoms with E-state index in [1.165, 1.54) is 23.6 Å². The molecule has 2 atom stereocenters. The first-order valence-electron chi connectivity index (χ1n) is 8.41. The number of carbonyl (C=O) groups is 1. The lowest BCUT2D eigenvalue weighted by molar-refractivity contribution is -0.116. The van der Waals surface area contributed by atoms with Crippen LogP contribution in [0.1, 0.15) is 51.7 Å². The van der Waals surface area contributed by atoms with Crippen molar-refractivity contribution in [3.8, 4) is 0 Å². The monoisotopic (exact) mass is 339 g/mol. The van der Waals surface area contributed by atoms with Crippen LogP contribution in [0, 0.1) is 0 Å². The molecule has 134 valence electrons. The van der Waals surface area contributed by atoms with E-state index in [2.05, 4.69) is 17.2 Å². The van der Waals surface area contributed by atoms with Crippen LogP contribution in [0.3, 0.4) is 0 Å². The van der Waals surface area contributed by atoms with Crippen molar-refractivity contribution < 1.29 is 19.4 Å². The summed E-state index contributed by atoms with van der Waals surface area (Å²) in [6, 6.07) is 1.55. The van der Waals surface area contributed by atoms with E-state index in [0.29, 0.717) is 6.42 Å². The lowest BCUT2D eigenvalue weighted by Crippen LogP contribution is -2.29. The number of carbonyl (C=O) groups excluding carboxylic acids is 1. The van der Waals surface area contributed by atoms with Crippen LogP contribution in [0.15, 0.2) is 17.1 Å². The molecule has 24 heavy (non-hydrogen) atoms. The number of unbranched alkanes of at least 4 members (excludes halogenated alkanes) is 4. The van der Waals surface area contributed by atoms with Crippen LogP contribution in [0.4, 0.5) is 5.82 Å². The molecule has 1 saturated heterocycles. The van der Waals surface area contributed by atoms with Crippen molar-refractivity contribution in [1.82, 2.24) is 9.55 Å². The lowest BCUT2D eigenvalue weighted by Gasteiger charge is -2.12. The first-order valence-corrected chi connectivity index (χ1v) is 8.41. The number of nitrogens with one attached hydrogen (secondary N) is 1. The Morgan fingerprint density at radius 3 is 2.88 bits per heavy atom. The SMILES string of the molecule is CCCCCCCC(=O)Nc1ccn([C@@H]2CO[C@H](CO)O2)c(=O)n1. The summed E-state index contributed by atoms with van der Waals surface area (Å²) in [5, 5.41) is 11.6. The second-order valence-corrected chi connectivity index (χ2v) is 5.75. The van der Waals surface area contributed by atoms with E-state index < -0.39 is 18.2 Å². The van der Waals surface area contributed by atoms with Gasteiger partial charge in [-0.15, -0.1) is 0 Å². The molecule has 1 aliphatic rings. The summed E-state index contributed by atoms with van der Waals surface area (Å²) < 4.78 is 11.8. The maximum absolute atomic E-state index is 12.0. The number of nitrogens with zero attached hydrogens (tertiary/aromatic N) is 2. The maximum Gasteiger partial charge on any atom is 0.351 e. The molecule has 2 N–H and O–H groups in total. The summed E-state index contributed by atoms with van der Waals surface area (Å²) in [5.41, 5.74) is -0.539. The molecule has 1 fully saturated rings. The summed E-state index contributed by atoms with van der Waals surface area (Å²) in [6.07, 6.45) is 5.93. The highest BCUT2D eigenvalue weighted by atomic mass is 16.7. The Morgan fingerprint density at radius 2 is 2.21 bits per heavy atom. The van der Waals surface area contributed by atoms with E-state index in [1.54, 1.807) is 6.07 Å². The van der Waals surface area contributed by atoms with Crippen molar-refractivity contribution >= 4 is 11.7 Å². The minimum Gasteiger partial charge on any atom is -0.391 e. The topological polar surface area (TPSA) is 103 Å². The zero-order chi connectivity index (χ0) is 17.4. The Labute approximate surface area is 140 Å². The molecular formula is C16H25N3O5. The van der Waals surface area contributed by atoms with Gasteiger partial charge in [-0.3, -0.25) is 9.36 Å². The predicted molar refractivity (Wildman–Crippen MR) is 87.5 cm³/mol. The van der Waals surface area contributed by atoms with Crippen LogP contribution >= 0.6 is 0 Å². The first kappa shape index (κ1) is 18.6. The predicted octanol–water partition coefficient (Wildman–Crippen LogP) is 1.41. The van der Waals surface area contributed by atoms with Gasteiger partial charge in [0.2, 0.25) is 5.91 Å². The maximum atomic E-state index is 12.0. The highest BCUT2D eigenvalue weighted by Crippen LogP contribution is 2.19. The van der Waals surface area contributed by atoms with Gasteiger partial charge in [0.15, 0.2) is 12.5 Å². The van der Waals surface area contributed by atoms with Gasteiger partial charge in [-0.2, -0.15) is 4.98 Å². The van der Waals surface area contributed by atoms with Gasteiger partial charge in [-0.25, -0.2) is 4.79 Å². The smallest absolute Gasteiger partial charge is 0.351 e. The third-order valence-electron chi connectivity index (χ3n) is 3.80. The van der Waals surface area contributed by atoms with Crippen LogP contribution in [0.25, 0.3) is 0 Å². The van der Waals surface area contributed by atoms with Crippen molar-refractivity contribution in [1.29, 1.82) is 0 Å². The number of ether oxygens (including phenoxy) is 2. The van der Waals surface area contributed by atoms with Gasteiger partial charge in [0.25, 0.3) is 0 Å². The zero-order valence-electron chi connectivity index (χ0n) is 13.9. The van der Waals surface area contributed by atoms with Crippen molar-refractivity contribution in [2.24, 2.45) is 0 Å². The molecule has 1 aromatic rings. The molecule has 2 rings (SSSR count). The molecular weight excluding hydrogens is 314 g/mol. The van der Waals surface area contributed by atoms with Gasteiger partial charge in [0.1, 0.15) is 5.82 Å². The molecule has 0 spiro atoms. The Kier molecular flexibility index (Phi) is 7.36. The largest absolute Gasteiger partial charge is 0.391 e. The number of amides is 1. The number of aliphatic hydroxyl groups is 1. The van der Waals surface area contributed by atoms with Crippen LogP contribution in [-0.2, 0) is 14.3 Å². The van der Waals surface area contributed by atoms with E-state index >= 15 is 0 Å². The van der Waals surface area contributed by atoms with Gasteiger partial charge in [0.05, 0.1) is 13.2 Å². The molecule has 0 aliphatic carbocycles. The van der Waals surface area contributed by atoms with Crippen molar-refractivity contribution in [3.05, 3.63) is 22.7 Å². The molecule has 0 bridgehead atoms. The molecule has 0 radical (unpaired) electrons. The van der Waals surface area contributed by atoms with E-state index in [4.69, 9.17) is 14.6 Å². The molecule has 8 nitrogen and oxygen atoms in total. The second kappa shape index (κ2) is 9.51. The van der Waals surface area contributed by atoms with Gasteiger partial charge in [0, 0.05) is 12.6 Å². The molecule has 0 aromatic carbocycles.